The molecule has 102 valence electrons. The molecule has 4 nitrogen and oxygen atoms in total. The average Bonchev–Trinajstić information content (AvgIpc) is 2.83. The molecule has 19 heavy (non-hydrogen) atoms. The lowest BCUT2D eigenvalue weighted by molar-refractivity contribution is 0.314. The van der Waals surface area contributed by atoms with Gasteiger partial charge in [0.25, 0.3) is 0 Å². The predicted molar refractivity (Wildman–Crippen MR) is 78.0 cm³/mol. The smallest absolute Gasteiger partial charge is 0.101 e. The van der Waals surface area contributed by atoms with Gasteiger partial charge < -0.3 is 15.5 Å². The Labute approximate surface area is 115 Å². The molecular weight excluding hydrogens is 236 g/mol. The molecule has 0 bridgehead atoms. The third kappa shape index (κ3) is 3.06. The van der Waals surface area contributed by atoms with Gasteiger partial charge in [-0.15, -0.1) is 0 Å². The summed E-state index contributed by atoms with van der Waals surface area (Å²) in [6.45, 7) is 2.62. The molecule has 1 fully saturated rings. The van der Waals surface area contributed by atoms with Gasteiger partial charge in [-0.05, 0) is 44.1 Å². The Kier molecular flexibility index (Phi) is 4.41. The molecule has 1 atom stereocenters. The van der Waals surface area contributed by atoms with E-state index in [0.29, 0.717) is 18.2 Å². The van der Waals surface area contributed by atoms with Gasteiger partial charge in [0.1, 0.15) is 6.07 Å². The maximum absolute atomic E-state index is 9.27. The maximum atomic E-state index is 9.27. The monoisotopic (exact) mass is 258 g/mol. The van der Waals surface area contributed by atoms with Crippen LogP contribution in [-0.4, -0.2) is 38.1 Å². The van der Waals surface area contributed by atoms with Gasteiger partial charge in [-0.25, -0.2) is 0 Å². The van der Waals surface area contributed by atoms with Crippen LogP contribution in [0.25, 0.3) is 0 Å². The minimum Gasteiger partial charge on any atom is -0.372 e. The number of nitrogens with two attached hydrogens (primary N) is 1. The minimum atomic E-state index is 0.476. The minimum absolute atomic E-state index is 0.476. The Bertz CT molecular complexity index is 478. The van der Waals surface area contributed by atoms with Gasteiger partial charge in [-0.3, -0.25) is 0 Å². The lowest BCUT2D eigenvalue weighted by Crippen LogP contribution is -2.36. The van der Waals surface area contributed by atoms with E-state index in [-0.39, 0.29) is 0 Å². The molecule has 0 radical (unpaired) electrons. The summed E-state index contributed by atoms with van der Waals surface area (Å²) < 4.78 is 0. The van der Waals surface area contributed by atoms with Crippen molar-refractivity contribution in [2.75, 3.05) is 32.1 Å². The van der Waals surface area contributed by atoms with Gasteiger partial charge >= 0.3 is 0 Å². The number of likely N-dealkylation sites (N-methyl/N-ethyl adjacent to an activating group) is 2. The van der Waals surface area contributed by atoms with Crippen LogP contribution >= 0.6 is 0 Å². The SMILES string of the molecule is CN(CC1CCCN1C)c1ccc(CN)cc1C#N. The van der Waals surface area contributed by atoms with Crippen LogP contribution in [0.15, 0.2) is 18.2 Å². The largest absolute Gasteiger partial charge is 0.372 e. The number of benzene rings is 1. The summed E-state index contributed by atoms with van der Waals surface area (Å²) in [5.41, 5.74) is 8.34. The zero-order valence-electron chi connectivity index (χ0n) is 11.8. The second-order valence-corrected chi connectivity index (χ2v) is 5.32. The summed E-state index contributed by atoms with van der Waals surface area (Å²) in [6.07, 6.45) is 2.51. The predicted octanol–water partition coefficient (Wildman–Crippen LogP) is 1.55. The molecule has 1 unspecified atom stereocenters. The van der Waals surface area contributed by atoms with E-state index in [0.717, 1.165) is 17.8 Å². The van der Waals surface area contributed by atoms with E-state index in [1.165, 1.54) is 19.4 Å². The fourth-order valence-electron chi connectivity index (χ4n) is 2.76. The Hall–Kier alpha value is -1.57. The summed E-state index contributed by atoms with van der Waals surface area (Å²) in [4.78, 5) is 4.59. The molecular formula is C15H22N4. The van der Waals surface area contributed by atoms with Crippen LogP contribution in [-0.2, 0) is 6.54 Å². The van der Waals surface area contributed by atoms with Gasteiger partial charge in [0, 0.05) is 26.2 Å². The van der Waals surface area contributed by atoms with Crippen LogP contribution in [0.4, 0.5) is 5.69 Å². The van der Waals surface area contributed by atoms with Crippen molar-refractivity contribution in [3.63, 3.8) is 0 Å². The summed E-state index contributed by atoms with van der Waals surface area (Å²) in [5.74, 6) is 0. The number of nitriles is 1. The third-order valence-corrected chi connectivity index (χ3v) is 3.98. The standard InChI is InChI=1S/C15H22N4/c1-18-7-3-4-14(18)11-19(2)15-6-5-12(9-16)8-13(15)10-17/h5-6,8,14H,3-4,7,9,11,16H2,1-2H3. The van der Waals surface area contributed by atoms with Gasteiger partial charge in [0.2, 0.25) is 0 Å². The molecule has 2 rings (SSSR count). The van der Waals surface area contributed by atoms with Crippen molar-refractivity contribution in [1.82, 2.24) is 4.90 Å². The van der Waals surface area contributed by atoms with Gasteiger partial charge in [-0.2, -0.15) is 5.26 Å². The molecule has 4 heteroatoms. The molecule has 0 amide bonds. The van der Waals surface area contributed by atoms with Crippen LogP contribution in [0.5, 0.6) is 0 Å². The fraction of sp³-hybridized carbons (Fsp3) is 0.533. The summed E-state index contributed by atoms with van der Waals surface area (Å²) in [5, 5.41) is 9.27. The fourth-order valence-corrected chi connectivity index (χ4v) is 2.76. The first-order valence-corrected chi connectivity index (χ1v) is 6.80. The zero-order chi connectivity index (χ0) is 13.8. The lowest BCUT2D eigenvalue weighted by atomic mass is 10.1. The number of nitrogens with zero attached hydrogens (tertiary/aromatic N) is 3. The molecule has 0 aliphatic carbocycles. The Morgan fingerprint density at radius 1 is 1.53 bits per heavy atom. The van der Waals surface area contributed by atoms with E-state index in [1.54, 1.807) is 0 Å². The average molecular weight is 258 g/mol. The van der Waals surface area contributed by atoms with Crippen molar-refractivity contribution in [3.8, 4) is 6.07 Å². The molecule has 0 spiro atoms. The lowest BCUT2D eigenvalue weighted by Gasteiger charge is -2.28. The highest BCUT2D eigenvalue weighted by Crippen LogP contribution is 2.23. The Balaban J connectivity index is 2.14. The van der Waals surface area contributed by atoms with Crippen molar-refractivity contribution in [2.45, 2.75) is 25.4 Å². The molecule has 1 aliphatic rings. The Morgan fingerprint density at radius 2 is 2.32 bits per heavy atom. The van der Waals surface area contributed by atoms with Crippen molar-refractivity contribution in [2.24, 2.45) is 5.73 Å². The quantitative estimate of drug-likeness (QED) is 0.890. The summed E-state index contributed by atoms with van der Waals surface area (Å²) >= 11 is 0. The second kappa shape index (κ2) is 6.05. The molecule has 0 saturated carbocycles. The highest BCUT2D eigenvalue weighted by atomic mass is 15.2. The number of hydrogen-bond donors (Lipinski definition) is 1. The number of hydrogen-bond acceptors (Lipinski definition) is 4. The summed E-state index contributed by atoms with van der Waals surface area (Å²) in [6, 6.07) is 8.77. The molecule has 2 N–H and O–H groups in total. The van der Waals surface area contributed by atoms with Gasteiger partial charge in [0.15, 0.2) is 0 Å². The van der Waals surface area contributed by atoms with E-state index >= 15 is 0 Å². The number of anilines is 1. The Morgan fingerprint density at radius 3 is 2.89 bits per heavy atom. The van der Waals surface area contributed by atoms with E-state index in [2.05, 4.69) is 30.0 Å². The highest BCUT2D eigenvalue weighted by molar-refractivity contribution is 5.60. The molecule has 1 heterocycles. The van der Waals surface area contributed by atoms with E-state index in [9.17, 15) is 5.26 Å². The molecule has 1 aromatic carbocycles. The van der Waals surface area contributed by atoms with Crippen molar-refractivity contribution >= 4 is 5.69 Å². The van der Waals surface area contributed by atoms with Gasteiger partial charge in [-0.1, -0.05) is 6.07 Å². The van der Waals surface area contributed by atoms with E-state index in [4.69, 9.17) is 5.73 Å². The van der Waals surface area contributed by atoms with Crippen molar-refractivity contribution in [3.05, 3.63) is 29.3 Å². The molecule has 1 aromatic rings. The summed E-state index contributed by atoms with van der Waals surface area (Å²) in [7, 11) is 4.23. The first kappa shape index (κ1) is 13.9. The number of likely N-dealkylation sites (tertiary alicyclic amines) is 1. The normalized spacial score (nSPS) is 19.4. The van der Waals surface area contributed by atoms with Crippen LogP contribution < -0.4 is 10.6 Å². The maximum Gasteiger partial charge on any atom is 0.101 e. The molecule has 1 aliphatic heterocycles. The molecule has 1 saturated heterocycles. The van der Waals surface area contributed by atoms with Gasteiger partial charge in [0.05, 0.1) is 11.3 Å². The zero-order valence-corrected chi connectivity index (χ0v) is 11.8. The van der Waals surface area contributed by atoms with Crippen molar-refractivity contribution < 1.29 is 0 Å². The third-order valence-electron chi connectivity index (χ3n) is 3.98. The number of rotatable bonds is 4. The van der Waals surface area contributed by atoms with E-state index < -0.39 is 0 Å². The topological polar surface area (TPSA) is 56.3 Å². The van der Waals surface area contributed by atoms with Crippen LogP contribution in [0.1, 0.15) is 24.0 Å². The van der Waals surface area contributed by atoms with E-state index in [1.807, 2.05) is 18.2 Å². The first-order valence-electron chi connectivity index (χ1n) is 6.80. The van der Waals surface area contributed by atoms with Crippen LogP contribution in [0, 0.1) is 11.3 Å². The highest BCUT2D eigenvalue weighted by Gasteiger charge is 2.22. The first-order chi connectivity index (χ1) is 9.15. The van der Waals surface area contributed by atoms with Crippen LogP contribution in [0.2, 0.25) is 0 Å². The van der Waals surface area contributed by atoms with Crippen molar-refractivity contribution in [1.29, 1.82) is 5.26 Å². The second-order valence-electron chi connectivity index (χ2n) is 5.32. The molecule has 0 aromatic heterocycles. The van der Waals surface area contributed by atoms with Crippen LogP contribution in [0.3, 0.4) is 0 Å².